The summed E-state index contributed by atoms with van der Waals surface area (Å²) in [6, 6.07) is 3.78. The maximum atomic E-state index is 10.4. The molecule has 1 aromatic heterocycles. The molecule has 4 heteroatoms. The molecule has 0 aliphatic rings. The Hall–Kier alpha value is -1.29. The lowest BCUT2D eigenvalue weighted by molar-refractivity contribution is 0.541. The lowest BCUT2D eigenvalue weighted by Crippen LogP contribution is -2.28. The molecule has 1 atom stereocenters. The molecule has 0 aliphatic heterocycles. The third-order valence-electron chi connectivity index (χ3n) is 1.72. The summed E-state index contributed by atoms with van der Waals surface area (Å²) >= 11 is 0. The number of nitrogens with zero attached hydrogens (tertiary/aromatic N) is 2. The zero-order valence-corrected chi connectivity index (χ0v) is 7.60. The molecule has 1 N–H and O–H groups in total. The molecule has 0 spiro atoms. The molecule has 1 rings (SSSR count). The van der Waals surface area contributed by atoms with Crippen molar-refractivity contribution in [1.29, 1.82) is 0 Å². The van der Waals surface area contributed by atoms with Gasteiger partial charge in [-0.1, -0.05) is 18.2 Å². The minimum atomic E-state index is -0.339. The number of likely N-dealkylation sites (N-methyl/N-ethyl adjacent to an activating group) is 1. The summed E-state index contributed by atoms with van der Waals surface area (Å²) in [6.45, 7) is 2.69. The van der Waals surface area contributed by atoms with E-state index >= 15 is 0 Å². The quantitative estimate of drug-likeness (QED) is 0.694. The zero-order valence-electron chi connectivity index (χ0n) is 7.60. The Morgan fingerprint density at radius 2 is 2.54 bits per heavy atom. The minimum absolute atomic E-state index is 0.339. The van der Waals surface area contributed by atoms with E-state index in [-0.39, 0.29) is 6.17 Å². The van der Waals surface area contributed by atoms with Crippen LogP contribution in [0.3, 0.4) is 0 Å². The SMILES string of the molecule is CCN[C@@H](Cc1cccnc1)N=O. The number of hydrogen-bond donors (Lipinski definition) is 1. The van der Waals surface area contributed by atoms with Gasteiger partial charge in [0.15, 0.2) is 0 Å². The van der Waals surface area contributed by atoms with Crippen LogP contribution >= 0.6 is 0 Å². The van der Waals surface area contributed by atoms with E-state index in [1.807, 2.05) is 19.1 Å². The van der Waals surface area contributed by atoms with Gasteiger partial charge in [-0.25, -0.2) is 0 Å². The van der Waals surface area contributed by atoms with E-state index in [0.29, 0.717) is 6.42 Å². The van der Waals surface area contributed by atoms with Gasteiger partial charge in [0.25, 0.3) is 0 Å². The van der Waals surface area contributed by atoms with Crippen molar-refractivity contribution in [2.75, 3.05) is 6.54 Å². The Morgan fingerprint density at radius 3 is 3.08 bits per heavy atom. The first kappa shape index (κ1) is 9.80. The summed E-state index contributed by atoms with van der Waals surface area (Å²) < 4.78 is 0. The molecular weight excluding hydrogens is 166 g/mol. The van der Waals surface area contributed by atoms with Crippen LogP contribution in [0.2, 0.25) is 0 Å². The molecule has 70 valence electrons. The Kier molecular flexibility index (Phi) is 4.05. The molecule has 0 unspecified atom stereocenters. The first-order valence-electron chi connectivity index (χ1n) is 4.31. The van der Waals surface area contributed by atoms with Gasteiger partial charge < -0.3 is 0 Å². The average molecular weight is 179 g/mol. The van der Waals surface area contributed by atoms with Gasteiger partial charge in [-0.05, 0) is 18.2 Å². The Bertz CT molecular complexity index is 250. The molecule has 1 heterocycles. The first-order valence-corrected chi connectivity index (χ1v) is 4.31. The molecule has 0 saturated carbocycles. The second-order valence-electron chi connectivity index (χ2n) is 2.74. The van der Waals surface area contributed by atoms with Gasteiger partial charge in [0.05, 0.1) is 0 Å². The summed E-state index contributed by atoms with van der Waals surface area (Å²) in [7, 11) is 0. The van der Waals surface area contributed by atoms with Crippen molar-refractivity contribution in [2.24, 2.45) is 5.18 Å². The molecule has 0 aromatic carbocycles. The lowest BCUT2D eigenvalue weighted by atomic mass is 10.2. The van der Waals surface area contributed by atoms with Crippen LogP contribution in [0.5, 0.6) is 0 Å². The van der Waals surface area contributed by atoms with Crippen LogP contribution in [0.1, 0.15) is 12.5 Å². The van der Waals surface area contributed by atoms with E-state index in [0.717, 1.165) is 12.1 Å². The van der Waals surface area contributed by atoms with Gasteiger partial charge in [-0.3, -0.25) is 10.3 Å². The lowest BCUT2D eigenvalue weighted by Gasteiger charge is -2.08. The van der Waals surface area contributed by atoms with Crippen molar-refractivity contribution in [1.82, 2.24) is 10.3 Å². The van der Waals surface area contributed by atoms with Gasteiger partial charge in [-0.15, -0.1) is 4.91 Å². The Morgan fingerprint density at radius 1 is 1.69 bits per heavy atom. The summed E-state index contributed by atoms with van der Waals surface area (Å²) in [6.07, 6.45) is 3.72. The van der Waals surface area contributed by atoms with Crippen LogP contribution in [0.15, 0.2) is 29.7 Å². The Balaban J connectivity index is 2.51. The van der Waals surface area contributed by atoms with Gasteiger partial charge >= 0.3 is 0 Å². The number of nitroso groups, excluding NO2 is 1. The largest absolute Gasteiger partial charge is 0.293 e. The summed E-state index contributed by atoms with van der Waals surface area (Å²) in [4.78, 5) is 14.3. The number of hydrogen-bond acceptors (Lipinski definition) is 4. The highest BCUT2D eigenvalue weighted by atomic mass is 16.3. The van der Waals surface area contributed by atoms with Crippen molar-refractivity contribution >= 4 is 0 Å². The number of aromatic nitrogens is 1. The van der Waals surface area contributed by atoms with Crippen LogP contribution in [-0.2, 0) is 6.42 Å². The topological polar surface area (TPSA) is 54.4 Å². The summed E-state index contributed by atoms with van der Waals surface area (Å²) in [5, 5.41) is 5.96. The standard InChI is InChI=1S/C9H13N3O/c1-2-11-9(12-13)6-8-4-3-5-10-7-8/h3-5,7,9,11H,2,6H2,1H3/t9-/m1/s1. The highest BCUT2D eigenvalue weighted by molar-refractivity contribution is 5.09. The fourth-order valence-electron chi connectivity index (χ4n) is 1.12. The third kappa shape index (κ3) is 3.29. The fourth-order valence-corrected chi connectivity index (χ4v) is 1.12. The maximum Gasteiger partial charge on any atom is 0.146 e. The van der Waals surface area contributed by atoms with E-state index in [4.69, 9.17) is 0 Å². The highest BCUT2D eigenvalue weighted by Crippen LogP contribution is 2.01. The van der Waals surface area contributed by atoms with Crippen LogP contribution in [0.4, 0.5) is 0 Å². The second-order valence-corrected chi connectivity index (χ2v) is 2.74. The van der Waals surface area contributed by atoms with Crippen molar-refractivity contribution < 1.29 is 0 Å². The summed E-state index contributed by atoms with van der Waals surface area (Å²) in [5.41, 5.74) is 1.02. The van der Waals surface area contributed by atoms with Gasteiger partial charge in [0.1, 0.15) is 6.17 Å². The Labute approximate surface area is 77.4 Å². The van der Waals surface area contributed by atoms with Crippen molar-refractivity contribution in [3.8, 4) is 0 Å². The smallest absolute Gasteiger partial charge is 0.146 e. The van der Waals surface area contributed by atoms with E-state index in [1.54, 1.807) is 12.4 Å². The molecule has 1 aromatic rings. The molecule has 0 aliphatic carbocycles. The van der Waals surface area contributed by atoms with Crippen LogP contribution in [0.25, 0.3) is 0 Å². The van der Waals surface area contributed by atoms with Crippen molar-refractivity contribution in [2.45, 2.75) is 19.5 Å². The van der Waals surface area contributed by atoms with E-state index in [9.17, 15) is 4.91 Å². The fraction of sp³-hybridized carbons (Fsp3) is 0.444. The number of rotatable bonds is 5. The minimum Gasteiger partial charge on any atom is -0.293 e. The van der Waals surface area contributed by atoms with Gasteiger partial charge in [0, 0.05) is 18.8 Å². The van der Waals surface area contributed by atoms with E-state index in [1.165, 1.54) is 0 Å². The van der Waals surface area contributed by atoms with Crippen LogP contribution in [-0.4, -0.2) is 17.7 Å². The maximum absolute atomic E-state index is 10.4. The zero-order chi connectivity index (χ0) is 9.52. The molecule has 0 bridgehead atoms. The normalized spacial score (nSPS) is 12.4. The number of pyridine rings is 1. The highest BCUT2D eigenvalue weighted by Gasteiger charge is 2.06. The van der Waals surface area contributed by atoms with E-state index < -0.39 is 0 Å². The number of nitrogens with one attached hydrogen (secondary N) is 1. The summed E-state index contributed by atoms with van der Waals surface area (Å²) in [5.74, 6) is 0. The van der Waals surface area contributed by atoms with Crippen molar-refractivity contribution in [3.05, 3.63) is 35.0 Å². The molecule has 4 nitrogen and oxygen atoms in total. The van der Waals surface area contributed by atoms with Gasteiger partial charge in [-0.2, -0.15) is 0 Å². The average Bonchev–Trinajstić information content (AvgIpc) is 2.19. The second kappa shape index (κ2) is 5.37. The predicted molar refractivity (Wildman–Crippen MR) is 51.2 cm³/mol. The van der Waals surface area contributed by atoms with Crippen LogP contribution in [0, 0.1) is 4.91 Å². The molecule has 0 radical (unpaired) electrons. The van der Waals surface area contributed by atoms with Gasteiger partial charge in [0.2, 0.25) is 0 Å². The monoisotopic (exact) mass is 179 g/mol. The first-order chi connectivity index (χ1) is 6.36. The molecule has 13 heavy (non-hydrogen) atoms. The third-order valence-corrected chi connectivity index (χ3v) is 1.72. The molecular formula is C9H13N3O. The van der Waals surface area contributed by atoms with Crippen LogP contribution < -0.4 is 5.32 Å². The molecule has 0 fully saturated rings. The predicted octanol–water partition coefficient (Wildman–Crippen LogP) is 1.33. The molecule has 0 amide bonds. The van der Waals surface area contributed by atoms with E-state index in [2.05, 4.69) is 15.5 Å². The van der Waals surface area contributed by atoms with Crippen molar-refractivity contribution in [3.63, 3.8) is 0 Å². The molecule has 0 saturated heterocycles.